The van der Waals surface area contributed by atoms with Gasteiger partial charge in [-0.15, -0.1) is 0 Å². The predicted molar refractivity (Wildman–Crippen MR) is 80.4 cm³/mol. The Kier molecular flexibility index (Phi) is 3.90. The number of aromatic nitrogens is 1. The van der Waals surface area contributed by atoms with E-state index in [4.69, 9.17) is 16.3 Å². The van der Waals surface area contributed by atoms with E-state index < -0.39 is 0 Å². The molecule has 0 bridgehead atoms. The van der Waals surface area contributed by atoms with Gasteiger partial charge >= 0.3 is 0 Å². The van der Waals surface area contributed by atoms with Crippen molar-refractivity contribution in [3.63, 3.8) is 0 Å². The number of ether oxygens (including phenoxy) is 1. The molecule has 1 aliphatic carbocycles. The number of benzene rings is 1. The van der Waals surface area contributed by atoms with Gasteiger partial charge in [-0.1, -0.05) is 23.7 Å². The maximum Gasteiger partial charge on any atom is 0.150 e. The highest BCUT2D eigenvalue weighted by molar-refractivity contribution is 6.32. The van der Waals surface area contributed by atoms with E-state index in [9.17, 15) is 0 Å². The number of hydrogen-bond acceptors (Lipinski definition) is 3. The Hall–Kier alpha value is -1.58. The van der Waals surface area contributed by atoms with Crippen LogP contribution in [0.2, 0.25) is 5.02 Å². The molecule has 0 aliphatic heterocycles. The van der Waals surface area contributed by atoms with E-state index in [-0.39, 0.29) is 0 Å². The second-order valence-corrected chi connectivity index (χ2v) is 5.53. The molecule has 1 saturated carbocycles. The molecule has 0 saturated heterocycles. The summed E-state index contributed by atoms with van der Waals surface area (Å²) in [5, 5.41) is 4.11. The Morgan fingerprint density at radius 1 is 1.30 bits per heavy atom. The van der Waals surface area contributed by atoms with Crippen LogP contribution >= 0.6 is 11.6 Å². The van der Waals surface area contributed by atoms with Gasteiger partial charge in [0, 0.05) is 23.8 Å². The smallest absolute Gasteiger partial charge is 0.150 e. The van der Waals surface area contributed by atoms with Crippen molar-refractivity contribution in [3.05, 3.63) is 52.8 Å². The lowest BCUT2D eigenvalue weighted by Crippen LogP contribution is -2.15. The minimum absolute atomic E-state index is 0.626. The molecule has 1 aromatic carbocycles. The highest BCUT2D eigenvalue weighted by Gasteiger charge is 2.21. The van der Waals surface area contributed by atoms with Crippen molar-refractivity contribution in [1.82, 2.24) is 10.3 Å². The van der Waals surface area contributed by atoms with Crippen molar-refractivity contribution < 1.29 is 4.74 Å². The van der Waals surface area contributed by atoms with Gasteiger partial charge in [0.25, 0.3) is 0 Å². The van der Waals surface area contributed by atoms with Crippen LogP contribution in [0.1, 0.15) is 24.1 Å². The van der Waals surface area contributed by atoms with E-state index in [2.05, 4.69) is 10.3 Å². The van der Waals surface area contributed by atoms with Crippen LogP contribution in [0.4, 0.5) is 0 Å². The second kappa shape index (κ2) is 5.81. The molecule has 1 aromatic heterocycles. The molecule has 2 aromatic rings. The normalized spacial score (nSPS) is 14.3. The molecule has 0 unspecified atom stereocenters. The van der Waals surface area contributed by atoms with Crippen molar-refractivity contribution >= 4 is 11.6 Å². The highest BCUT2D eigenvalue weighted by Crippen LogP contribution is 2.33. The molecule has 0 radical (unpaired) electrons. The van der Waals surface area contributed by atoms with Crippen LogP contribution in [-0.2, 0) is 6.54 Å². The maximum atomic E-state index is 6.27. The van der Waals surface area contributed by atoms with Crippen molar-refractivity contribution in [3.8, 4) is 11.5 Å². The van der Waals surface area contributed by atoms with Crippen molar-refractivity contribution in [1.29, 1.82) is 0 Å². The van der Waals surface area contributed by atoms with Crippen LogP contribution in [0.5, 0.6) is 11.5 Å². The zero-order valence-electron chi connectivity index (χ0n) is 11.4. The van der Waals surface area contributed by atoms with Crippen LogP contribution in [0.15, 0.2) is 36.5 Å². The molecule has 104 valence electrons. The molecular weight excluding hydrogens is 272 g/mol. The summed E-state index contributed by atoms with van der Waals surface area (Å²) in [6.07, 6.45) is 4.24. The highest BCUT2D eigenvalue weighted by atomic mass is 35.5. The van der Waals surface area contributed by atoms with Crippen LogP contribution in [0.3, 0.4) is 0 Å². The van der Waals surface area contributed by atoms with Gasteiger partial charge in [-0.2, -0.15) is 0 Å². The lowest BCUT2D eigenvalue weighted by Gasteiger charge is -2.13. The summed E-state index contributed by atoms with van der Waals surface area (Å²) in [5.41, 5.74) is 2.04. The SMILES string of the molecule is Cc1ccc(Oc2c(Cl)cccc2CNC2CC2)cn1. The number of pyridine rings is 1. The Labute approximate surface area is 123 Å². The molecule has 1 heterocycles. The first-order valence-corrected chi connectivity index (χ1v) is 7.21. The van der Waals surface area contributed by atoms with E-state index in [0.29, 0.717) is 22.6 Å². The fourth-order valence-corrected chi connectivity index (χ4v) is 2.21. The number of aryl methyl sites for hydroxylation is 1. The minimum atomic E-state index is 0.626. The van der Waals surface area contributed by atoms with Gasteiger partial charge < -0.3 is 10.1 Å². The van der Waals surface area contributed by atoms with E-state index in [1.54, 1.807) is 6.20 Å². The average molecular weight is 289 g/mol. The molecule has 4 heteroatoms. The topological polar surface area (TPSA) is 34.1 Å². The maximum absolute atomic E-state index is 6.27. The number of halogens is 1. The van der Waals surface area contributed by atoms with E-state index in [1.807, 2.05) is 37.3 Å². The summed E-state index contributed by atoms with van der Waals surface area (Å²) in [4.78, 5) is 4.24. The molecule has 1 aliphatic rings. The van der Waals surface area contributed by atoms with Crippen LogP contribution in [0.25, 0.3) is 0 Å². The van der Waals surface area contributed by atoms with Crippen LogP contribution in [0, 0.1) is 6.92 Å². The molecule has 0 atom stereocenters. The number of hydrogen-bond donors (Lipinski definition) is 1. The zero-order valence-corrected chi connectivity index (χ0v) is 12.2. The molecule has 0 amide bonds. The minimum Gasteiger partial charge on any atom is -0.454 e. The summed E-state index contributed by atoms with van der Waals surface area (Å²) in [6, 6.07) is 10.3. The zero-order chi connectivity index (χ0) is 13.9. The number of nitrogens with one attached hydrogen (secondary N) is 1. The van der Waals surface area contributed by atoms with Gasteiger partial charge in [0.1, 0.15) is 5.75 Å². The first kappa shape index (κ1) is 13.4. The lowest BCUT2D eigenvalue weighted by atomic mass is 10.2. The standard InChI is InChI=1S/C16H17ClN2O/c1-11-5-8-14(10-18-11)20-16-12(3-2-4-15(16)17)9-19-13-6-7-13/h2-5,8,10,13,19H,6-7,9H2,1H3. The Morgan fingerprint density at radius 3 is 2.85 bits per heavy atom. The van der Waals surface area contributed by atoms with E-state index in [1.165, 1.54) is 12.8 Å². The molecule has 3 nitrogen and oxygen atoms in total. The average Bonchev–Trinajstić information content (AvgIpc) is 3.26. The summed E-state index contributed by atoms with van der Waals surface area (Å²) in [5.74, 6) is 1.42. The van der Waals surface area contributed by atoms with E-state index in [0.717, 1.165) is 17.8 Å². The molecule has 20 heavy (non-hydrogen) atoms. The summed E-state index contributed by atoms with van der Waals surface area (Å²) < 4.78 is 5.91. The third-order valence-corrected chi connectivity index (χ3v) is 3.61. The largest absolute Gasteiger partial charge is 0.454 e. The third-order valence-electron chi connectivity index (χ3n) is 3.31. The quantitative estimate of drug-likeness (QED) is 0.900. The van der Waals surface area contributed by atoms with Gasteiger partial charge in [-0.05, 0) is 38.0 Å². The molecule has 3 rings (SSSR count). The van der Waals surface area contributed by atoms with Gasteiger partial charge in [0.2, 0.25) is 0 Å². The van der Waals surface area contributed by atoms with Crippen molar-refractivity contribution in [2.45, 2.75) is 32.4 Å². The molecule has 1 fully saturated rings. The lowest BCUT2D eigenvalue weighted by molar-refractivity contribution is 0.470. The van der Waals surface area contributed by atoms with Gasteiger partial charge in [-0.25, -0.2) is 0 Å². The summed E-state index contributed by atoms with van der Waals surface area (Å²) >= 11 is 6.27. The predicted octanol–water partition coefficient (Wildman–Crippen LogP) is 4.09. The fourth-order valence-electron chi connectivity index (χ4n) is 1.98. The first-order chi connectivity index (χ1) is 9.72. The third kappa shape index (κ3) is 3.30. The molecule has 1 N–H and O–H groups in total. The Balaban J connectivity index is 1.80. The molecular formula is C16H17ClN2O. The monoisotopic (exact) mass is 288 g/mol. The second-order valence-electron chi connectivity index (χ2n) is 5.12. The molecule has 0 spiro atoms. The Bertz CT molecular complexity index is 594. The van der Waals surface area contributed by atoms with Gasteiger partial charge in [-0.3, -0.25) is 4.98 Å². The number of para-hydroxylation sites is 1. The number of rotatable bonds is 5. The van der Waals surface area contributed by atoms with Crippen molar-refractivity contribution in [2.75, 3.05) is 0 Å². The summed E-state index contributed by atoms with van der Waals surface area (Å²) in [7, 11) is 0. The van der Waals surface area contributed by atoms with Gasteiger partial charge in [0.15, 0.2) is 5.75 Å². The number of nitrogens with zero attached hydrogens (tertiary/aromatic N) is 1. The Morgan fingerprint density at radius 2 is 2.15 bits per heavy atom. The fraction of sp³-hybridized carbons (Fsp3) is 0.312. The van der Waals surface area contributed by atoms with Gasteiger partial charge in [0.05, 0.1) is 11.2 Å². The van der Waals surface area contributed by atoms with Crippen LogP contribution in [-0.4, -0.2) is 11.0 Å². The summed E-state index contributed by atoms with van der Waals surface area (Å²) in [6.45, 7) is 2.73. The van der Waals surface area contributed by atoms with Crippen LogP contribution < -0.4 is 10.1 Å². The van der Waals surface area contributed by atoms with Crippen molar-refractivity contribution in [2.24, 2.45) is 0 Å². The first-order valence-electron chi connectivity index (χ1n) is 6.83. The van der Waals surface area contributed by atoms with E-state index >= 15 is 0 Å².